The van der Waals surface area contributed by atoms with Gasteiger partial charge in [-0.05, 0) is 36.4 Å². The SMILES string of the molecule is CN(CCNC(=O)c1ccc(-n2ccnc2)cc1)c1ccccc1. The normalized spacial score (nSPS) is 10.4. The van der Waals surface area contributed by atoms with Crippen molar-refractivity contribution in [2.45, 2.75) is 0 Å². The van der Waals surface area contributed by atoms with Crippen LogP contribution in [-0.4, -0.2) is 35.6 Å². The Balaban J connectivity index is 1.52. The van der Waals surface area contributed by atoms with Crippen LogP contribution in [0.2, 0.25) is 0 Å². The van der Waals surface area contributed by atoms with Crippen LogP contribution in [0.4, 0.5) is 5.69 Å². The van der Waals surface area contributed by atoms with Gasteiger partial charge in [0.2, 0.25) is 0 Å². The summed E-state index contributed by atoms with van der Waals surface area (Å²) in [6, 6.07) is 17.6. The summed E-state index contributed by atoms with van der Waals surface area (Å²) >= 11 is 0. The maximum atomic E-state index is 12.2. The summed E-state index contributed by atoms with van der Waals surface area (Å²) in [6.07, 6.45) is 5.33. The van der Waals surface area contributed by atoms with Gasteiger partial charge in [-0.1, -0.05) is 18.2 Å². The third kappa shape index (κ3) is 3.81. The van der Waals surface area contributed by atoms with Crippen molar-refractivity contribution in [3.63, 3.8) is 0 Å². The van der Waals surface area contributed by atoms with Crippen LogP contribution in [0.25, 0.3) is 5.69 Å². The molecule has 5 nitrogen and oxygen atoms in total. The average Bonchev–Trinajstić information content (AvgIpc) is 3.17. The highest BCUT2D eigenvalue weighted by atomic mass is 16.1. The number of hydrogen-bond acceptors (Lipinski definition) is 3. The predicted octanol–water partition coefficient (Wildman–Crippen LogP) is 2.74. The van der Waals surface area contributed by atoms with E-state index < -0.39 is 0 Å². The molecule has 3 aromatic rings. The molecule has 0 spiro atoms. The number of nitrogens with zero attached hydrogens (tertiary/aromatic N) is 3. The summed E-state index contributed by atoms with van der Waals surface area (Å²) in [7, 11) is 2.02. The molecular weight excluding hydrogens is 300 g/mol. The molecule has 1 heterocycles. The van der Waals surface area contributed by atoms with Crippen molar-refractivity contribution in [1.29, 1.82) is 0 Å². The number of amides is 1. The first-order valence-electron chi connectivity index (χ1n) is 7.87. The fraction of sp³-hybridized carbons (Fsp3) is 0.158. The van der Waals surface area contributed by atoms with E-state index in [1.165, 1.54) is 0 Å². The lowest BCUT2D eigenvalue weighted by molar-refractivity contribution is 0.0955. The van der Waals surface area contributed by atoms with Gasteiger partial charge < -0.3 is 14.8 Å². The summed E-state index contributed by atoms with van der Waals surface area (Å²) in [6.45, 7) is 1.34. The standard InChI is InChI=1S/C19H20N4O/c1-22(17-5-3-2-4-6-17)13-12-21-19(24)16-7-9-18(10-8-16)23-14-11-20-15-23/h2-11,14-15H,12-13H2,1H3,(H,21,24). The summed E-state index contributed by atoms with van der Waals surface area (Å²) in [4.78, 5) is 18.3. The number of anilines is 1. The first-order chi connectivity index (χ1) is 11.7. The van der Waals surface area contributed by atoms with Gasteiger partial charge in [0, 0.05) is 49.5 Å². The number of rotatable bonds is 6. The van der Waals surface area contributed by atoms with E-state index in [9.17, 15) is 4.79 Å². The summed E-state index contributed by atoms with van der Waals surface area (Å²) in [5, 5.41) is 2.95. The summed E-state index contributed by atoms with van der Waals surface area (Å²) in [5.41, 5.74) is 2.77. The van der Waals surface area contributed by atoms with Gasteiger partial charge in [0.25, 0.3) is 5.91 Å². The van der Waals surface area contributed by atoms with Crippen LogP contribution in [0.3, 0.4) is 0 Å². The number of aromatic nitrogens is 2. The highest BCUT2D eigenvalue weighted by Crippen LogP contribution is 2.11. The Bertz CT molecular complexity index is 767. The lowest BCUT2D eigenvalue weighted by Gasteiger charge is -2.19. The number of para-hydroxylation sites is 1. The lowest BCUT2D eigenvalue weighted by Crippen LogP contribution is -2.32. The van der Waals surface area contributed by atoms with Crippen LogP contribution in [0.5, 0.6) is 0 Å². The van der Waals surface area contributed by atoms with Gasteiger partial charge in [-0.2, -0.15) is 0 Å². The first kappa shape index (κ1) is 15.8. The molecule has 0 unspecified atom stereocenters. The van der Waals surface area contributed by atoms with E-state index >= 15 is 0 Å². The molecule has 5 heteroatoms. The van der Waals surface area contributed by atoms with E-state index in [1.807, 2.05) is 60.3 Å². The highest BCUT2D eigenvalue weighted by molar-refractivity contribution is 5.94. The maximum absolute atomic E-state index is 12.2. The molecule has 0 fully saturated rings. The van der Waals surface area contributed by atoms with E-state index in [2.05, 4.69) is 27.3 Å². The fourth-order valence-electron chi connectivity index (χ4n) is 2.45. The molecule has 24 heavy (non-hydrogen) atoms. The van der Waals surface area contributed by atoms with Crippen LogP contribution in [0.15, 0.2) is 73.3 Å². The van der Waals surface area contributed by atoms with Crippen molar-refractivity contribution < 1.29 is 4.79 Å². The molecule has 0 saturated heterocycles. The number of nitrogens with one attached hydrogen (secondary N) is 1. The van der Waals surface area contributed by atoms with Gasteiger partial charge in [-0.3, -0.25) is 4.79 Å². The predicted molar refractivity (Wildman–Crippen MR) is 95.6 cm³/mol. The minimum atomic E-state index is -0.0614. The maximum Gasteiger partial charge on any atom is 0.251 e. The average molecular weight is 320 g/mol. The van der Waals surface area contributed by atoms with Crippen molar-refractivity contribution in [2.75, 3.05) is 25.0 Å². The molecule has 0 aliphatic rings. The second kappa shape index (κ2) is 7.46. The number of carbonyl (C=O) groups is 1. The Hall–Kier alpha value is -3.08. The second-order valence-corrected chi connectivity index (χ2v) is 5.53. The van der Waals surface area contributed by atoms with Crippen molar-refractivity contribution in [1.82, 2.24) is 14.9 Å². The first-order valence-corrected chi connectivity index (χ1v) is 7.87. The third-order valence-electron chi connectivity index (χ3n) is 3.86. The van der Waals surface area contributed by atoms with Crippen molar-refractivity contribution in [3.8, 4) is 5.69 Å². The fourth-order valence-corrected chi connectivity index (χ4v) is 2.45. The number of imidazole rings is 1. The van der Waals surface area contributed by atoms with E-state index in [0.29, 0.717) is 12.1 Å². The third-order valence-corrected chi connectivity index (χ3v) is 3.86. The van der Waals surface area contributed by atoms with Crippen molar-refractivity contribution >= 4 is 11.6 Å². The van der Waals surface area contributed by atoms with Crippen LogP contribution in [0, 0.1) is 0 Å². The topological polar surface area (TPSA) is 50.2 Å². The van der Waals surface area contributed by atoms with Crippen LogP contribution < -0.4 is 10.2 Å². The van der Waals surface area contributed by atoms with Gasteiger partial charge in [0.1, 0.15) is 0 Å². The summed E-state index contributed by atoms with van der Waals surface area (Å²) in [5.74, 6) is -0.0614. The minimum Gasteiger partial charge on any atom is -0.373 e. The van der Waals surface area contributed by atoms with Gasteiger partial charge in [-0.15, -0.1) is 0 Å². The second-order valence-electron chi connectivity index (χ2n) is 5.53. The molecule has 1 amide bonds. The van der Waals surface area contributed by atoms with Gasteiger partial charge in [-0.25, -0.2) is 4.98 Å². The number of hydrogen-bond donors (Lipinski definition) is 1. The zero-order valence-electron chi connectivity index (χ0n) is 13.6. The molecule has 0 bridgehead atoms. The number of benzene rings is 2. The van der Waals surface area contributed by atoms with Crippen LogP contribution in [-0.2, 0) is 0 Å². The van der Waals surface area contributed by atoms with E-state index in [-0.39, 0.29) is 5.91 Å². The smallest absolute Gasteiger partial charge is 0.251 e. The molecule has 0 aliphatic heterocycles. The molecule has 0 atom stereocenters. The zero-order valence-corrected chi connectivity index (χ0v) is 13.6. The molecule has 122 valence electrons. The summed E-state index contributed by atoms with van der Waals surface area (Å²) < 4.78 is 1.90. The molecule has 0 saturated carbocycles. The van der Waals surface area contributed by atoms with Gasteiger partial charge in [0.05, 0.1) is 6.33 Å². The van der Waals surface area contributed by atoms with Gasteiger partial charge in [0.15, 0.2) is 0 Å². The highest BCUT2D eigenvalue weighted by Gasteiger charge is 2.06. The molecule has 1 aromatic heterocycles. The van der Waals surface area contributed by atoms with Gasteiger partial charge >= 0.3 is 0 Å². The molecule has 2 aromatic carbocycles. The lowest BCUT2D eigenvalue weighted by atomic mass is 10.2. The Morgan fingerprint density at radius 3 is 2.54 bits per heavy atom. The Kier molecular flexibility index (Phi) is 4.91. The zero-order chi connectivity index (χ0) is 16.8. The van der Waals surface area contributed by atoms with E-state index in [1.54, 1.807) is 12.5 Å². The Labute approximate surface area is 141 Å². The van der Waals surface area contributed by atoms with Crippen LogP contribution in [0.1, 0.15) is 10.4 Å². The Morgan fingerprint density at radius 2 is 1.88 bits per heavy atom. The number of carbonyl (C=O) groups excluding carboxylic acids is 1. The van der Waals surface area contributed by atoms with E-state index in [4.69, 9.17) is 0 Å². The van der Waals surface area contributed by atoms with Crippen molar-refractivity contribution in [2.24, 2.45) is 0 Å². The Morgan fingerprint density at radius 1 is 1.12 bits per heavy atom. The quantitative estimate of drug-likeness (QED) is 0.760. The molecule has 0 radical (unpaired) electrons. The van der Waals surface area contributed by atoms with Crippen molar-refractivity contribution in [3.05, 3.63) is 78.9 Å². The molecule has 3 rings (SSSR count). The molecule has 1 N–H and O–H groups in total. The minimum absolute atomic E-state index is 0.0614. The number of likely N-dealkylation sites (N-methyl/N-ethyl adjacent to an activating group) is 1. The largest absolute Gasteiger partial charge is 0.373 e. The van der Waals surface area contributed by atoms with Crippen LogP contribution >= 0.6 is 0 Å². The molecular formula is C19H20N4O. The van der Waals surface area contributed by atoms with E-state index in [0.717, 1.165) is 17.9 Å². The monoisotopic (exact) mass is 320 g/mol. The molecule has 0 aliphatic carbocycles.